The fourth-order valence-corrected chi connectivity index (χ4v) is 3.98. The number of rotatable bonds is 7. The molecule has 1 aromatic carbocycles. The molecule has 0 radical (unpaired) electrons. The van der Waals surface area contributed by atoms with Gasteiger partial charge in [0.25, 0.3) is 5.92 Å². The van der Waals surface area contributed by atoms with E-state index in [9.17, 15) is 13.6 Å². The number of benzene rings is 1. The van der Waals surface area contributed by atoms with Crippen LogP contribution < -0.4 is 16.0 Å². The molecule has 2 atom stereocenters. The van der Waals surface area contributed by atoms with Crippen LogP contribution in [-0.2, 0) is 10.7 Å². The number of hydrogen-bond donors (Lipinski definition) is 2. The average molecular weight is 432 g/mol. The maximum atomic E-state index is 13.5. The summed E-state index contributed by atoms with van der Waals surface area (Å²) < 4.78 is 27.1. The van der Waals surface area contributed by atoms with E-state index in [4.69, 9.17) is 5.73 Å². The van der Waals surface area contributed by atoms with Crippen molar-refractivity contribution in [2.24, 2.45) is 11.1 Å². The molecule has 1 saturated heterocycles. The van der Waals surface area contributed by atoms with Gasteiger partial charge in [0.05, 0.1) is 6.04 Å². The number of carbonyl (C=O) groups is 1. The smallest absolute Gasteiger partial charge is 0.270 e. The molecule has 6 nitrogen and oxygen atoms in total. The van der Waals surface area contributed by atoms with Crippen LogP contribution in [0.25, 0.3) is 0 Å². The van der Waals surface area contributed by atoms with E-state index in [1.807, 2.05) is 26.8 Å². The third-order valence-corrected chi connectivity index (χ3v) is 5.48. The van der Waals surface area contributed by atoms with Crippen LogP contribution in [0.15, 0.2) is 36.7 Å². The van der Waals surface area contributed by atoms with Crippen LogP contribution in [0.1, 0.15) is 64.1 Å². The Morgan fingerprint density at radius 1 is 1.23 bits per heavy atom. The van der Waals surface area contributed by atoms with Gasteiger partial charge in [0.15, 0.2) is 0 Å². The molecule has 0 bridgehead atoms. The van der Waals surface area contributed by atoms with Crippen molar-refractivity contribution in [1.82, 2.24) is 9.97 Å². The number of amides is 1. The third-order valence-electron chi connectivity index (χ3n) is 5.48. The maximum absolute atomic E-state index is 13.5. The molecule has 0 saturated carbocycles. The summed E-state index contributed by atoms with van der Waals surface area (Å²) in [5.74, 6) is -2.03. The van der Waals surface area contributed by atoms with Gasteiger partial charge in [0.2, 0.25) is 5.91 Å². The number of hydrogen-bond acceptors (Lipinski definition) is 5. The van der Waals surface area contributed by atoms with E-state index in [0.29, 0.717) is 12.2 Å². The Morgan fingerprint density at radius 2 is 1.90 bits per heavy atom. The van der Waals surface area contributed by atoms with Crippen LogP contribution in [0.2, 0.25) is 0 Å². The molecular formula is C23H31F2N5O. The highest BCUT2D eigenvalue weighted by atomic mass is 19.3. The molecule has 0 aliphatic carbocycles. The zero-order chi connectivity index (χ0) is 22.8. The van der Waals surface area contributed by atoms with Crippen LogP contribution in [0, 0.1) is 5.41 Å². The Kier molecular flexibility index (Phi) is 6.48. The summed E-state index contributed by atoms with van der Waals surface area (Å²) in [6, 6.07) is 7.83. The molecule has 1 amide bonds. The number of halogens is 2. The van der Waals surface area contributed by atoms with Gasteiger partial charge in [-0.15, -0.1) is 0 Å². The first-order chi connectivity index (χ1) is 14.4. The fraction of sp³-hybridized carbons (Fsp3) is 0.522. The number of alkyl halides is 2. The van der Waals surface area contributed by atoms with Crippen molar-refractivity contribution in [2.75, 3.05) is 16.8 Å². The number of nitrogens with one attached hydrogen (secondary N) is 1. The second kappa shape index (κ2) is 8.77. The number of primary amides is 1. The van der Waals surface area contributed by atoms with Crippen molar-refractivity contribution in [2.45, 2.75) is 65.0 Å². The monoisotopic (exact) mass is 431 g/mol. The van der Waals surface area contributed by atoms with Crippen LogP contribution in [0.4, 0.5) is 20.4 Å². The standard InChI is InChI=1S/C23H31F2N5O/c1-22(2,3)13-17(21(26)31)29-19-12-20(28-14-27-19)30-11-5-6-18(30)15-7-9-16(10-8-15)23(4,24)25/h7-10,12,14,17-18H,5-6,11,13H2,1-4H3,(H2,26,31)(H,27,28,29). The fourth-order valence-electron chi connectivity index (χ4n) is 3.98. The number of anilines is 2. The molecule has 3 rings (SSSR count). The highest BCUT2D eigenvalue weighted by Gasteiger charge is 2.30. The van der Waals surface area contributed by atoms with Crippen molar-refractivity contribution in [3.05, 3.63) is 47.8 Å². The Labute approximate surface area is 182 Å². The zero-order valence-corrected chi connectivity index (χ0v) is 18.5. The van der Waals surface area contributed by atoms with Gasteiger partial charge in [-0.1, -0.05) is 45.0 Å². The van der Waals surface area contributed by atoms with Crippen LogP contribution in [0.5, 0.6) is 0 Å². The molecule has 31 heavy (non-hydrogen) atoms. The minimum Gasteiger partial charge on any atom is -0.368 e. The maximum Gasteiger partial charge on any atom is 0.270 e. The minimum absolute atomic E-state index is 0.00524. The highest BCUT2D eigenvalue weighted by Crippen LogP contribution is 2.37. The summed E-state index contributed by atoms with van der Waals surface area (Å²) in [5.41, 5.74) is 6.48. The average Bonchev–Trinajstić information content (AvgIpc) is 3.16. The van der Waals surface area contributed by atoms with Crippen LogP contribution in [0.3, 0.4) is 0 Å². The first-order valence-electron chi connectivity index (χ1n) is 10.6. The second-order valence-corrected chi connectivity index (χ2v) is 9.49. The van der Waals surface area contributed by atoms with Gasteiger partial charge in [-0.05, 0) is 30.2 Å². The first kappa shape index (κ1) is 22.9. The normalized spacial score (nSPS) is 18.1. The number of nitrogens with two attached hydrogens (primary N) is 1. The van der Waals surface area contributed by atoms with Crippen molar-refractivity contribution in [3.63, 3.8) is 0 Å². The molecule has 2 unspecified atom stereocenters. The summed E-state index contributed by atoms with van der Waals surface area (Å²) in [5, 5.41) is 3.14. The van der Waals surface area contributed by atoms with Gasteiger partial charge in [-0.25, -0.2) is 18.7 Å². The summed E-state index contributed by atoms with van der Waals surface area (Å²) in [7, 11) is 0. The lowest BCUT2D eigenvalue weighted by Gasteiger charge is -2.28. The van der Waals surface area contributed by atoms with E-state index >= 15 is 0 Å². The van der Waals surface area contributed by atoms with Gasteiger partial charge in [-0.3, -0.25) is 4.79 Å². The number of aromatic nitrogens is 2. The molecule has 1 aliphatic rings. The lowest BCUT2D eigenvalue weighted by Crippen LogP contribution is -2.38. The Hall–Kier alpha value is -2.77. The van der Waals surface area contributed by atoms with E-state index in [2.05, 4.69) is 20.2 Å². The molecular weight excluding hydrogens is 400 g/mol. The van der Waals surface area contributed by atoms with Crippen molar-refractivity contribution < 1.29 is 13.6 Å². The largest absolute Gasteiger partial charge is 0.368 e. The quantitative estimate of drug-likeness (QED) is 0.668. The van der Waals surface area contributed by atoms with Gasteiger partial charge >= 0.3 is 0 Å². The van der Waals surface area contributed by atoms with Gasteiger partial charge in [-0.2, -0.15) is 0 Å². The van der Waals surface area contributed by atoms with Crippen molar-refractivity contribution >= 4 is 17.5 Å². The third kappa shape index (κ3) is 5.89. The predicted molar refractivity (Wildman–Crippen MR) is 118 cm³/mol. The van der Waals surface area contributed by atoms with E-state index < -0.39 is 17.9 Å². The van der Waals surface area contributed by atoms with E-state index in [1.54, 1.807) is 12.1 Å². The zero-order valence-electron chi connectivity index (χ0n) is 18.5. The van der Waals surface area contributed by atoms with Crippen LogP contribution >= 0.6 is 0 Å². The van der Waals surface area contributed by atoms with Crippen LogP contribution in [-0.4, -0.2) is 28.5 Å². The molecule has 2 aromatic rings. The van der Waals surface area contributed by atoms with Gasteiger partial charge < -0.3 is 16.0 Å². The SMILES string of the molecule is CC(C)(C)CC(Nc1cc(N2CCCC2c2ccc(C(C)(F)F)cc2)ncn1)C(N)=O. The molecule has 2 heterocycles. The van der Waals surface area contributed by atoms with E-state index in [-0.39, 0.29) is 17.0 Å². The Morgan fingerprint density at radius 3 is 2.48 bits per heavy atom. The first-order valence-corrected chi connectivity index (χ1v) is 10.6. The molecule has 3 N–H and O–H groups in total. The summed E-state index contributed by atoms with van der Waals surface area (Å²) >= 11 is 0. The molecule has 1 aromatic heterocycles. The van der Waals surface area contributed by atoms with E-state index in [1.165, 1.54) is 18.5 Å². The topological polar surface area (TPSA) is 84.1 Å². The Balaban J connectivity index is 1.80. The summed E-state index contributed by atoms with van der Waals surface area (Å²) in [4.78, 5) is 22.7. The molecule has 1 aliphatic heterocycles. The van der Waals surface area contributed by atoms with Crippen molar-refractivity contribution in [1.29, 1.82) is 0 Å². The lowest BCUT2D eigenvalue weighted by molar-refractivity contribution is -0.119. The van der Waals surface area contributed by atoms with Gasteiger partial charge in [0, 0.05) is 25.1 Å². The number of carbonyl (C=O) groups excluding carboxylic acids is 1. The lowest BCUT2D eigenvalue weighted by atomic mass is 9.88. The molecule has 1 fully saturated rings. The molecule has 168 valence electrons. The summed E-state index contributed by atoms with van der Waals surface area (Å²) in [6.07, 6.45) is 3.91. The number of nitrogens with zero attached hydrogens (tertiary/aromatic N) is 3. The minimum atomic E-state index is -2.86. The van der Waals surface area contributed by atoms with Crippen molar-refractivity contribution in [3.8, 4) is 0 Å². The highest BCUT2D eigenvalue weighted by molar-refractivity contribution is 5.82. The van der Waals surface area contributed by atoms with E-state index in [0.717, 1.165) is 37.7 Å². The molecule has 8 heteroatoms. The predicted octanol–water partition coefficient (Wildman–Crippen LogP) is 4.63. The Bertz CT molecular complexity index is 905. The molecule has 0 spiro atoms. The van der Waals surface area contributed by atoms with Gasteiger partial charge in [0.1, 0.15) is 24.0 Å². The summed E-state index contributed by atoms with van der Waals surface area (Å²) in [6.45, 7) is 7.84. The second-order valence-electron chi connectivity index (χ2n) is 9.49.